The van der Waals surface area contributed by atoms with Gasteiger partial charge < -0.3 is 46.6 Å². The van der Waals surface area contributed by atoms with Crippen LogP contribution in [0, 0.1) is 5.41 Å². The lowest BCUT2D eigenvalue weighted by Gasteiger charge is -2.37. The fraction of sp³-hybridized carbons (Fsp3) is 0.382. The molecule has 4 rings (SSSR count). The zero-order valence-corrected chi connectivity index (χ0v) is 30.9. The number of amides is 4. The Morgan fingerprint density at radius 2 is 1.66 bits per heavy atom. The predicted molar refractivity (Wildman–Crippen MR) is 198 cm³/mol. The van der Waals surface area contributed by atoms with Gasteiger partial charge in [-0.25, -0.2) is 4.79 Å². The second kappa shape index (κ2) is 19.0. The third kappa shape index (κ3) is 11.5. The van der Waals surface area contributed by atoms with Crippen LogP contribution in [0.15, 0.2) is 69.9 Å². The molecule has 1 aliphatic rings. The fourth-order valence-electron chi connectivity index (χ4n) is 5.56. The summed E-state index contributed by atoms with van der Waals surface area (Å²) < 4.78 is 6.11. The summed E-state index contributed by atoms with van der Waals surface area (Å²) in [6.07, 6.45) is 4.81. The number of aromatic hydroxyl groups is 1. The van der Waals surface area contributed by atoms with Gasteiger partial charge in [0.05, 0.1) is 16.1 Å². The molecule has 16 heteroatoms. The quantitative estimate of drug-likeness (QED) is 0.0686. The molecule has 1 saturated heterocycles. The maximum absolute atomic E-state index is 14.0. The number of hydrogen-bond donors (Lipinski definition) is 7. The number of guanidine groups is 1. The Bertz CT molecular complexity index is 1600. The summed E-state index contributed by atoms with van der Waals surface area (Å²) >= 11 is 6.67. The number of carbonyl (C=O) groups is 3. The molecule has 0 aliphatic carbocycles. The first-order chi connectivity index (χ1) is 24.0. The van der Waals surface area contributed by atoms with E-state index in [-0.39, 0.29) is 30.5 Å². The molecular weight excluding hydrogens is 774 g/mol. The molecule has 0 radical (unpaired) electrons. The van der Waals surface area contributed by atoms with Gasteiger partial charge in [-0.2, -0.15) is 0 Å². The zero-order chi connectivity index (χ0) is 36.0. The van der Waals surface area contributed by atoms with Crippen molar-refractivity contribution in [3.8, 4) is 11.5 Å². The summed E-state index contributed by atoms with van der Waals surface area (Å²) in [5.74, 6) is -0.232. The second-order valence-electron chi connectivity index (χ2n) is 11.7. The molecule has 3 aromatic rings. The lowest BCUT2D eigenvalue weighted by Crippen LogP contribution is -2.58. The molecule has 0 bridgehead atoms. The molecule has 2 aromatic carbocycles. The number of anilines is 1. The van der Waals surface area contributed by atoms with E-state index >= 15 is 0 Å². The molecule has 0 unspecified atom stereocenters. The number of nitrogens with zero attached hydrogens (tertiary/aromatic N) is 3. The van der Waals surface area contributed by atoms with E-state index in [1.165, 1.54) is 0 Å². The van der Waals surface area contributed by atoms with Crippen LogP contribution in [0.4, 0.5) is 10.5 Å². The Balaban J connectivity index is 1.47. The first-order valence-electron chi connectivity index (χ1n) is 16.2. The third-order valence-electron chi connectivity index (χ3n) is 8.19. The average Bonchev–Trinajstić information content (AvgIpc) is 3.11. The highest BCUT2D eigenvalue weighted by atomic mass is 79.9. The Morgan fingerprint density at radius 1 is 0.960 bits per heavy atom. The molecule has 1 fully saturated rings. The molecule has 2 atom stereocenters. The highest BCUT2D eigenvalue weighted by molar-refractivity contribution is 9.11. The number of pyridine rings is 1. The lowest BCUT2D eigenvalue weighted by atomic mass is 10.0. The Hall–Kier alpha value is -4.57. The molecule has 0 saturated carbocycles. The summed E-state index contributed by atoms with van der Waals surface area (Å²) in [5.41, 5.74) is 8.09. The van der Waals surface area contributed by atoms with E-state index in [2.05, 4.69) is 63.0 Å². The molecule has 1 aliphatic heterocycles. The van der Waals surface area contributed by atoms with E-state index in [1.807, 2.05) is 36.4 Å². The van der Waals surface area contributed by atoms with Crippen LogP contribution in [-0.4, -0.2) is 97.3 Å². The second-order valence-corrected chi connectivity index (χ2v) is 13.4. The number of hydrogen-bond acceptors (Lipinski definition) is 8. The van der Waals surface area contributed by atoms with E-state index in [0.717, 1.165) is 11.3 Å². The van der Waals surface area contributed by atoms with E-state index < -0.39 is 24.0 Å². The summed E-state index contributed by atoms with van der Waals surface area (Å²) in [6, 6.07) is 12.2. The lowest BCUT2D eigenvalue weighted by molar-refractivity contribution is -0.137. The molecule has 1 aromatic heterocycles. The first-order valence-corrected chi connectivity index (χ1v) is 17.8. The van der Waals surface area contributed by atoms with Crippen molar-refractivity contribution in [2.45, 2.75) is 37.8 Å². The highest BCUT2D eigenvalue weighted by Gasteiger charge is 2.31. The SMILES string of the molecule is COc1cccc(CCNC(=O)N[C@H](Cc2cc(Br)c(O)c(Br)c2)C(=O)N[C@@H](CCCNC(=N)N)C(=O)N2CCN(c3ccncc3)CC2)c1. The van der Waals surface area contributed by atoms with Crippen LogP contribution < -0.4 is 36.6 Å². The largest absolute Gasteiger partial charge is 0.506 e. The molecule has 2 heterocycles. The number of nitrogens with one attached hydrogen (secondary N) is 5. The van der Waals surface area contributed by atoms with Crippen molar-refractivity contribution in [2.75, 3.05) is 51.3 Å². The summed E-state index contributed by atoms with van der Waals surface area (Å²) in [6.45, 7) is 2.81. The maximum atomic E-state index is 14.0. The van der Waals surface area contributed by atoms with Crippen LogP contribution in [0.25, 0.3) is 0 Å². The van der Waals surface area contributed by atoms with Gasteiger partial charge >= 0.3 is 6.03 Å². The van der Waals surface area contributed by atoms with Crippen molar-refractivity contribution in [3.05, 3.63) is 81.0 Å². The predicted octanol–water partition coefficient (Wildman–Crippen LogP) is 2.87. The molecule has 8 N–H and O–H groups in total. The number of carbonyl (C=O) groups excluding carboxylic acids is 3. The first kappa shape index (κ1) is 38.2. The minimum absolute atomic E-state index is 0.00635. The van der Waals surface area contributed by atoms with E-state index in [0.29, 0.717) is 72.4 Å². The standard InChI is InChI=1S/C34H43Br2N9O5/c1-50-25-5-2-4-22(18-25)7-13-41-34(49)43-29(21-23-19-26(35)30(46)27(36)20-23)31(47)42-28(6-3-10-40-33(37)38)32(48)45-16-14-44(15-17-45)24-8-11-39-12-9-24/h2,4-5,8-9,11-12,18-20,28-29,46H,3,6-7,10,13-17,21H2,1H3,(H,42,47)(H4,37,38,40)(H2,41,43,49)/t28-,29+/m0/s1. The minimum atomic E-state index is -1.07. The number of methoxy groups -OCH3 is 1. The Morgan fingerprint density at radius 3 is 2.32 bits per heavy atom. The molecule has 268 valence electrons. The number of phenols is 1. The summed E-state index contributed by atoms with van der Waals surface area (Å²) in [4.78, 5) is 49.0. The third-order valence-corrected chi connectivity index (χ3v) is 9.40. The van der Waals surface area contributed by atoms with Gasteiger partial charge in [0.2, 0.25) is 11.8 Å². The van der Waals surface area contributed by atoms with Crippen molar-refractivity contribution < 1.29 is 24.2 Å². The van der Waals surface area contributed by atoms with Gasteiger partial charge in [0.25, 0.3) is 0 Å². The van der Waals surface area contributed by atoms with Crippen LogP contribution in [0.3, 0.4) is 0 Å². The van der Waals surface area contributed by atoms with E-state index in [1.54, 1.807) is 36.5 Å². The van der Waals surface area contributed by atoms with Gasteiger partial charge in [-0.1, -0.05) is 12.1 Å². The van der Waals surface area contributed by atoms with Crippen LogP contribution in [0.2, 0.25) is 0 Å². The summed E-state index contributed by atoms with van der Waals surface area (Å²) in [7, 11) is 1.59. The number of nitrogens with two attached hydrogens (primary N) is 1. The number of piperazine rings is 1. The van der Waals surface area contributed by atoms with Crippen molar-refractivity contribution in [2.24, 2.45) is 5.73 Å². The number of halogens is 2. The van der Waals surface area contributed by atoms with Crippen LogP contribution >= 0.6 is 31.9 Å². The number of urea groups is 1. The van der Waals surface area contributed by atoms with Crippen molar-refractivity contribution in [3.63, 3.8) is 0 Å². The molecule has 50 heavy (non-hydrogen) atoms. The van der Waals surface area contributed by atoms with Gasteiger partial charge in [0.15, 0.2) is 5.96 Å². The van der Waals surface area contributed by atoms with Crippen molar-refractivity contribution >= 4 is 61.4 Å². The monoisotopic (exact) mass is 815 g/mol. The number of aromatic nitrogens is 1. The van der Waals surface area contributed by atoms with Gasteiger partial charge in [-0.05, 0) is 98.6 Å². The van der Waals surface area contributed by atoms with Gasteiger partial charge in [0.1, 0.15) is 23.6 Å². The number of benzene rings is 2. The molecule has 4 amide bonds. The Labute approximate surface area is 308 Å². The Kier molecular flexibility index (Phi) is 14.5. The normalized spacial score (nSPS) is 13.9. The highest BCUT2D eigenvalue weighted by Crippen LogP contribution is 2.33. The number of rotatable bonds is 15. The van der Waals surface area contributed by atoms with Crippen LogP contribution in [0.5, 0.6) is 11.5 Å². The maximum Gasteiger partial charge on any atom is 0.315 e. The molecular formula is C34H43Br2N9O5. The minimum Gasteiger partial charge on any atom is -0.506 e. The van der Waals surface area contributed by atoms with Crippen molar-refractivity contribution in [1.29, 1.82) is 5.41 Å². The van der Waals surface area contributed by atoms with E-state index in [9.17, 15) is 19.5 Å². The van der Waals surface area contributed by atoms with Crippen LogP contribution in [-0.2, 0) is 22.4 Å². The average molecular weight is 818 g/mol. The fourth-order valence-corrected chi connectivity index (χ4v) is 6.84. The number of ether oxygens (including phenoxy) is 1. The van der Waals surface area contributed by atoms with E-state index in [4.69, 9.17) is 15.9 Å². The molecule has 14 nitrogen and oxygen atoms in total. The van der Waals surface area contributed by atoms with Gasteiger partial charge in [-0.15, -0.1) is 0 Å². The van der Waals surface area contributed by atoms with Crippen molar-refractivity contribution in [1.82, 2.24) is 31.2 Å². The zero-order valence-electron chi connectivity index (χ0n) is 27.8. The van der Waals surface area contributed by atoms with Gasteiger partial charge in [-0.3, -0.25) is 20.0 Å². The van der Waals surface area contributed by atoms with Gasteiger partial charge in [0, 0.05) is 63.8 Å². The topological polar surface area (TPSA) is 198 Å². The summed E-state index contributed by atoms with van der Waals surface area (Å²) in [5, 5.41) is 28.9. The smallest absolute Gasteiger partial charge is 0.315 e. The van der Waals surface area contributed by atoms with Crippen LogP contribution in [0.1, 0.15) is 24.0 Å². The number of phenolic OH excluding ortho intramolecular Hbond substituents is 1. The molecule has 0 spiro atoms.